The normalized spacial score (nSPS) is 26.6. The minimum Gasteiger partial charge on any atom is -0.391 e. The van der Waals surface area contributed by atoms with Crippen LogP contribution < -0.4 is 16.0 Å². The van der Waals surface area contributed by atoms with Gasteiger partial charge in [0.25, 0.3) is 0 Å². The molecule has 0 aromatic carbocycles. The highest BCUT2D eigenvalue weighted by Gasteiger charge is 2.35. The van der Waals surface area contributed by atoms with Crippen molar-refractivity contribution in [3.05, 3.63) is 36.1 Å². The molecule has 0 amide bonds. The second-order valence-corrected chi connectivity index (χ2v) is 9.98. The van der Waals surface area contributed by atoms with Crippen molar-refractivity contribution in [2.45, 2.75) is 64.3 Å². The fourth-order valence-electron chi connectivity index (χ4n) is 5.84. The van der Waals surface area contributed by atoms with E-state index in [1.54, 1.807) is 5.57 Å². The largest absolute Gasteiger partial charge is 0.391 e. The fraction of sp³-hybridized carbons (Fsp3) is 0.731. The van der Waals surface area contributed by atoms with E-state index >= 15 is 0 Å². The first-order chi connectivity index (χ1) is 15.2. The highest BCUT2D eigenvalue weighted by molar-refractivity contribution is 7.80. The van der Waals surface area contributed by atoms with Crippen LogP contribution in [0.2, 0.25) is 0 Å². The Balaban J connectivity index is 1.65. The van der Waals surface area contributed by atoms with Crippen LogP contribution in [0.1, 0.15) is 58.3 Å². The lowest BCUT2D eigenvalue weighted by Gasteiger charge is -2.45. The van der Waals surface area contributed by atoms with Crippen molar-refractivity contribution < 1.29 is 0 Å². The van der Waals surface area contributed by atoms with Gasteiger partial charge in [0.1, 0.15) is 4.99 Å². The van der Waals surface area contributed by atoms with Crippen LogP contribution in [0, 0.1) is 17.8 Å². The molecule has 31 heavy (non-hydrogen) atoms. The van der Waals surface area contributed by atoms with Crippen molar-refractivity contribution in [2.75, 3.05) is 39.8 Å². The molecule has 5 heteroatoms. The number of thiocarbonyl (C=S) groups is 1. The van der Waals surface area contributed by atoms with Crippen molar-refractivity contribution in [1.82, 2.24) is 20.9 Å². The number of nitrogens with one attached hydrogen (secondary N) is 3. The minimum atomic E-state index is 0.478. The van der Waals surface area contributed by atoms with Crippen LogP contribution in [0.25, 0.3) is 0 Å². The summed E-state index contributed by atoms with van der Waals surface area (Å²) in [5.74, 6) is 1.92. The van der Waals surface area contributed by atoms with E-state index in [2.05, 4.69) is 46.5 Å². The molecule has 4 unspecified atom stereocenters. The van der Waals surface area contributed by atoms with Crippen molar-refractivity contribution in [2.24, 2.45) is 17.8 Å². The van der Waals surface area contributed by atoms with Crippen molar-refractivity contribution in [3.63, 3.8) is 0 Å². The maximum Gasteiger partial charge on any atom is 0.109 e. The maximum atomic E-state index is 6.10. The molecule has 0 bridgehead atoms. The molecule has 1 aliphatic heterocycles. The van der Waals surface area contributed by atoms with Gasteiger partial charge in [0, 0.05) is 37.8 Å². The highest BCUT2D eigenvalue weighted by Crippen LogP contribution is 2.39. The molecule has 4 atom stereocenters. The van der Waals surface area contributed by atoms with Gasteiger partial charge in [-0.2, -0.15) is 0 Å². The van der Waals surface area contributed by atoms with E-state index in [4.69, 9.17) is 12.2 Å². The quantitative estimate of drug-likeness (QED) is 0.307. The lowest BCUT2D eigenvalue weighted by molar-refractivity contribution is 0.122. The van der Waals surface area contributed by atoms with Crippen LogP contribution in [0.15, 0.2) is 36.1 Å². The molecule has 0 spiro atoms. The molecule has 3 N–H and O–H groups in total. The Kier molecular flexibility index (Phi) is 10.1. The number of nitrogens with zero attached hydrogens (tertiary/aromatic N) is 1. The molecule has 0 radical (unpaired) electrons. The first-order valence-corrected chi connectivity index (χ1v) is 13.0. The van der Waals surface area contributed by atoms with Gasteiger partial charge in [-0.05, 0) is 76.1 Å². The molecule has 4 nitrogen and oxygen atoms in total. The second-order valence-electron chi connectivity index (χ2n) is 9.59. The van der Waals surface area contributed by atoms with E-state index in [0.717, 1.165) is 50.1 Å². The van der Waals surface area contributed by atoms with E-state index in [0.29, 0.717) is 17.9 Å². The van der Waals surface area contributed by atoms with E-state index in [9.17, 15) is 0 Å². The summed E-state index contributed by atoms with van der Waals surface area (Å²) >= 11 is 6.10. The van der Waals surface area contributed by atoms with Gasteiger partial charge in [-0.1, -0.05) is 56.3 Å². The Morgan fingerprint density at radius 2 is 1.94 bits per heavy atom. The number of likely N-dealkylation sites (N-methyl/N-ethyl adjacent to an activating group) is 1. The minimum absolute atomic E-state index is 0.478. The van der Waals surface area contributed by atoms with Crippen LogP contribution in [-0.4, -0.2) is 55.7 Å². The standard InChI is InChI=1S/C26H44N4S/c1-4-28-13-11-21(12-14-29-16-15-27-3)24-19-23(18-20(24)2)26(31)30-17-7-9-22-8-5-6-10-25(22)30/h4,18-22,25,27-29H,1,5-17H2,2-3H3. The molecule has 0 aromatic heterocycles. The number of fused-ring (bicyclic) bond motifs is 1. The van der Waals surface area contributed by atoms with Gasteiger partial charge < -0.3 is 20.9 Å². The van der Waals surface area contributed by atoms with Crippen LogP contribution in [0.3, 0.4) is 0 Å². The summed E-state index contributed by atoms with van der Waals surface area (Å²) in [7, 11) is 2.00. The Labute approximate surface area is 196 Å². The van der Waals surface area contributed by atoms with Gasteiger partial charge in [0.15, 0.2) is 0 Å². The molecular weight excluding hydrogens is 400 g/mol. The Morgan fingerprint density at radius 1 is 1.16 bits per heavy atom. The zero-order valence-corrected chi connectivity index (χ0v) is 20.6. The van der Waals surface area contributed by atoms with E-state index in [-0.39, 0.29) is 0 Å². The third-order valence-corrected chi connectivity index (χ3v) is 7.97. The van der Waals surface area contributed by atoms with Gasteiger partial charge in [-0.25, -0.2) is 0 Å². The van der Waals surface area contributed by atoms with Gasteiger partial charge in [0.2, 0.25) is 0 Å². The number of hydrogen-bond donors (Lipinski definition) is 3. The molecular formula is C26H44N4S. The fourth-order valence-corrected chi connectivity index (χ4v) is 6.20. The van der Waals surface area contributed by atoms with Crippen LogP contribution in [-0.2, 0) is 0 Å². The maximum absolute atomic E-state index is 6.10. The van der Waals surface area contributed by atoms with Crippen molar-refractivity contribution >= 4 is 17.2 Å². The third kappa shape index (κ3) is 6.66. The molecule has 174 valence electrons. The SMILES string of the molecule is C=CNCCC(CCNCCNC)C1=CC(C(=S)N2CCCC3CCCCC32)=CC1C. The zero-order valence-electron chi connectivity index (χ0n) is 19.8. The number of rotatable bonds is 12. The van der Waals surface area contributed by atoms with Gasteiger partial charge >= 0.3 is 0 Å². The molecule has 3 aliphatic rings. The molecule has 2 aliphatic carbocycles. The van der Waals surface area contributed by atoms with Gasteiger partial charge in [0.05, 0.1) is 0 Å². The summed E-state index contributed by atoms with van der Waals surface area (Å²) in [5, 5.41) is 10.1. The number of piperidine rings is 1. The summed E-state index contributed by atoms with van der Waals surface area (Å²) < 4.78 is 0. The number of likely N-dealkylation sites (tertiary alicyclic amines) is 1. The van der Waals surface area contributed by atoms with E-state index < -0.39 is 0 Å². The van der Waals surface area contributed by atoms with Crippen molar-refractivity contribution in [1.29, 1.82) is 0 Å². The Hall–Kier alpha value is -1.17. The lowest BCUT2D eigenvalue weighted by Crippen LogP contribution is -2.49. The molecule has 1 heterocycles. The van der Waals surface area contributed by atoms with Crippen LogP contribution in [0.4, 0.5) is 0 Å². The molecule has 0 aromatic rings. The smallest absolute Gasteiger partial charge is 0.109 e. The molecule has 1 saturated carbocycles. The lowest BCUT2D eigenvalue weighted by atomic mass is 9.78. The molecule has 2 fully saturated rings. The molecule has 3 rings (SSSR count). The predicted molar refractivity (Wildman–Crippen MR) is 137 cm³/mol. The number of allylic oxidation sites excluding steroid dienone is 2. The average Bonchev–Trinajstić information content (AvgIpc) is 3.18. The van der Waals surface area contributed by atoms with E-state index in [1.807, 2.05) is 13.2 Å². The van der Waals surface area contributed by atoms with Crippen molar-refractivity contribution in [3.8, 4) is 0 Å². The van der Waals surface area contributed by atoms with Gasteiger partial charge in [-0.15, -0.1) is 0 Å². The number of hydrogen-bond acceptors (Lipinski definition) is 4. The molecule has 1 saturated heterocycles. The predicted octanol–water partition coefficient (Wildman–Crippen LogP) is 4.41. The summed E-state index contributed by atoms with van der Waals surface area (Å²) in [6.07, 6.45) is 17.2. The van der Waals surface area contributed by atoms with E-state index in [1.165, 1.54) is 50.5 Å². The summed E-state index contributed by atoms with van der Waals surface area (Å²) in [5.41, 5.74) is 2.88. The summed E-state index contributed by atoms with van der Waals surface area (Å²) in [6.45, 7) is 11.4. The zero-order chi connectivity index (χ0) is 22.1. The third-order valence-electron chi connectivity index (χ3n) is 7.50. The Bertz CT molecular complexity index is 654. The summed E-state index contributed by atoms with van der Waals surface area (Å²) in [4.78, 5) is 3.72. The summed E-state index contributed by atoms with van der Waals surface area (Å²) in [6, 6.07) is 0.688. The topological polar surface area (TPSA) is 39.3 Å². The van der Waals surface area contributed by atoms with Gasteiger partial charge in [-0.3, -0.25) is 0 Å². The van der Waals surface area contributed by atoms with Crippen LogP contribution in [0.5, 0.6) is 0 Å². The Morgan fingerprint density at radius 3 is 2.74 bits per heavy atom. The first kappa shape index (κ1) is 24.5. The average molecular weight is 445 g/mol. The van der Waals surface area contributed by atoms with Crippen LogP contribution >= 0.6 is 12.2 Å². The second kappa shape index (κ2) is 12.8. The monoisotopic (exact) mass is 444 g/mol. The highest BCUT2D eigenvalue weighted by atomic mass is 32.1. The first-order valence-electron chi connectivity index (χ1n) is 12.6.